The van der Waals surface area contributed by atoms with Crippen molar-refractivity contribution in [3.63, 3.8) is 0 Å². The van der Waals surface area contributed by atoms with Crippen molar-refractivity contribution in [1.82, 2.24) is 4.90 Å². The third-order valence-electron chi connectivity index (χ3n) is 3.47. The summed E-state index contributed by atoms with van der Waals surface area (Å²) in [5.41, 5.74) is 1.40. The Bertz CT molecular complexity index is 514. The molecule has 2 aromatic rings. The zero-order valence-corrected chi connectivity index (χ0v) is 11.4. The van der Waals surface area contributed by atoms with Gasteiger partial charge >= 0.3 is 0 Å². The molecule has 0 N–H and O–H groups in total. The predicted octanol–water partition coefficient (Wildman–Crippen LogP) is 4.54. The largest absolute Gasteiger partial charge is 0.299 e. The molecule has 0 spiro atoms. The monoisotopic (exact) mass is 265 g/mol. The first-order chi connectivity index (χ1) is 8.34. The molecule has 1 aliphatic heterocycles. The summed E-state index contributed by atoms with van der Waals surface area (Å²) in [5.74, 6) is 0. The second-order valence-corrected chi connectivity index (χ2v) is 6.03. The first-order valence-electron chi connectivity index (χ1n) is 6.21. The molecule has 17 heavy (non-hydrogen) atoms. The average Bonchev–Trinajstić information content (AvgIpc) is 2.75. The highest BCUT2D eigenvalue weighted by atomic mass is 35.5. The van der Waals surface area contributed by atoms with Crippen molar-refractivity contribution >= 4 is 33.0 Å². The van der Waals surface area contributed by atoms with Gasteiger partial charge in [0.15, 0.2) is 0 Å². The lowest BCUT2D eigenvalue weighted by Gasteiger charge is -2.26. The molecule has 0 bridgehead atoms. The van der Waals surface area contributed by atoms with Crippen molar-refractivity contribution in [3.05, 3.63) is 34.2 Å². The molecule has 0 atom stereocenters. The summed E-state index contributed by atoms with van der Waals surface area (Å²) >= 11 is 8.11. The van der Waals surface area contributed by atoms with Crippen LogP contribution < -0.4 is 0 Å². The Balaban J connectivity index is 1.89. The predicted molar refractivity (Wildman–Crippen MR) is 76.0 cm³/mol. The van der Waals surface area contributed by atoms with Crippen molar-refractivity contribution in [2.75, 3.05) is 13.1 Å². The van der Waals surface area contributed by atoms with Gasteiger partial charge in [-0.15, -0.1) is 11.3 Å². The summed E-state index contributed by atoms with van der Waals surface area (Å²) in [6.45, 7) is 3.54. The number of fused-ring (bicyclic) bond motifs is 1. The third-order valence-corrected chi connectivity index (χ3v) is 4.78. The van der Waals surface area contributed by atoms with Crippen LogP contribution in [-0.2, 0) is 6.54 Å². The highest BCUT2D eigenvalue weighted by molar-refractivity contribution is 7.17. The first-order valence-corrected chi connectivity index (χ1v) is 7.47. The molecule has 1 fully saturated rings. The van der Waals surface area contributed by atoms with Crippen LogP contribution in [0.25, 0.3) is 10.1 Å². The summed E-state index contributed by atoms with van der Waals surface area (Å²) in [4.78, 5) is 2.55. The Kier molecular flexibility index (Phi) is 3.37. The van der Waals surface area contributed by atoms with E-state index >= 15 is 0 Å². The van der Waals surface area contributed by atoms with Crippen LogP contribution in [0.5, 0.6) is 0 Å². The van der Waals surface area contributed by atoms with Gasteiger partial charge in [-0.1, -0.05) is 24.1 Å². The van der Waals surface area contributed by atoms with Crippen LogP contribution in [0.2, 0.25) is 5.02 Å². The Labute approximate surface area is 111 Å². The van der Waals surface area contributed by atoms with Gasteiger partial charge in [0.05, 0.1) is 0 Å². The minimum atomic E-state index is 0.899. The van der Waals surface area contributed by atoms with Gasteiger partial charge in [0, 0.05) is 21.7 Å². The van der Waals surface area contributed by atoms with Crippen molar-refractivity contribution in [1.29, 1.82) is 0 Å². The van der Waals surface area contributed by atoms with Crippen molar-refractivity contribution < 1.29 is 0 Å². The summed E-state index contributed by atoms with van der Waals surface area (Å²) in [6, 6.07) is 6.19. The van der Waals surface area contributed by atoms with Crippen LogP contribution in [0, 0.1) is 0 Å². The number of thiophene rings is 1. The fraction of sp³-hybridized carbons (Fsp3) is 0.429. The SMILES string of the molecule is Clc1cccc2scc(CN3CCCCC3)c12. The van der Waals surface area contributed by atoms with Gasteiger partial charge in [-0.2, -0.15) is 0 Å². The van der Waals surface area contributed by atoms with Crippen LogP contribution in [0.3, 0.4) is 0 Å². The Hall–Kier alpha value is -0.570. The van der Waals surface area contributed by atoms with Gasteiger partial charge < -0.3 is 0 Å². The number of halogens is 1. The smallest absolute Gasteiger partial charge is 0.0496 e. The molecule has 1 saturated heterocycles. The zero-order valence-electron chi connectivity index (χ0n) is 9.79. The molecule has 0 radical (unpaired) electrons. The number of hydrogen-bond acceptors (Lipinski definition) is 2. The van der Waals surface area contributed by atoms with E-state index in [1.54, 1.807) is 11.3 Å². The molecule has 3 rings (SSSR count). The Morgan fingerprint density at radius 3 is 2.82 bits per heavy atom. The number of piperidine rings is 1. The lowest BCUT2D eigenvalue weighted by molar-refractivity contribution is 0.222. The molecule has 90 valence electrons. The Morgan fingerprint density at radius 2 is 2.00 bits per heavy atom. The second kappa shape index (κ2) is 4.97. The lowest BCUT2D eigenvalue weighted by Crippen LogP contribution is -2.28. The molecule has 0 saturated carbocycles. The van der Waals surface area contributed by atoms with Crippen LogP contribution in [0.1, 0.15) is 24.8 Å². The maximum atomic E-state index is 6.31. The van der Waals surface area contributed by atoms with E-state index < -0.39 is 0 Å². The summed E-state index contributed by atoms with van der Waals surface area (Å²) in [5, 5.41) is 4.44. The van der Waals surface area contributed by atoms with Crippen LogP contribution in [0.4, 0.5) is 0 Å². The summed E-state index contributed by atoms with van der Waals surface area (Å²) in [6.07, 6.45) is 4.08. The molecular weight excluding hydrogens is 250 g/mol. The number of likely N-dealkylation sites (tertiary alicyclic amines) is 1. The van der Waals surface area contributed by atoms with E-state index in [9.17, 15) is 0 Å². The van der Waals surface area contributed by atoms with E-state index in [-0.39, 0.29) is 0 Å². The van der Waals surface area contributed by atoms with Crippen LogP contribution >= 0.6 is 22.9 Å². The van der Waals surface area contributed by atoms with Gasteiger partial charge in [-0.25, -0.2) is 0 Å². The number of hydrogen-bond donors (Lipinski definition) is 0. The highest BCUT2D eigenvalue weighted by Crippen LogP contribution is 2.33. The first kappa shape index (κ1) is 11.5. The summed E-state index contributed by atoms with van der Waals surface area (Å²) < 4.78 is 1.31. The standard InChI is InChI=1S/C14H16ClNS/c15-12-5-4-6-13-14(12)11(10-17-13)9-16-7-2-1-3-8-16/h4-6,10H,1-3,7-9H2. The molecule has 3 heteroatoms. The third kappa shape index (κ3) is 2.35. The van der Waals surface area contributed by atoms with Gasteiger partial charge in [0.2, 0.25) is 0 Å². The van der Waals surface area contributed by atoms with Crippen LogP contribution in [0.15, 0.2) is 23.6 Å². The molecule has 0 unspecified atom stereocenters. The van der Waals surface area contributed by atoms with E-state index in [0.717, 1.165) is 11.6 Å². The molecule has 1 aromatic carbocycles. The van der Waals surface area contributed by atoms with Crippen molar-refractivity contribution in [2.45, 2.75) is 25.8 Å². The maximum absolute atomic E-state index is 6.31. The normalized spacial score (nSPS) is 17.7. The van der Waals surface area contributed by atoms with Gasteiger partial charge in [-0.3, -0.25) is 4.90 Å². The van der Waals surface area contributed by atoms with E-state index in [1.807, 2.05) is 12.1 Å². The van der Waals surface area contributed by atoms with Crippen LogP contribution in [-0.4, -0.2) is 18.0 Å². The molecule has 1 aromatic heterocycles. The summed E-state index contributed by atoms with van der Waals surface area (Å²) in [7, 11) is 0. The number of benzene rings is 1. The molecular formula is C14H16ClNS. The minimum Gasteiger partial charge on any atom is -0.299 e. The van der Waals surface area contributed by atoms with E-state index in [0.29, 0.717) is 0 Å². The number of nitrogens with zero attached hydrogens (tertiary/aromatic N) is 1. The van der Waals surface area contributed by atoms with E-state index in [2.05, 4.69) is 16.3 Å². The second-order valence-electron chi connectivity index (χ2n) is 4.71. The lowest BCUT2D eigenvalue weighted by atomic mass is 10.1. The minimum absolute atomic E-state index is 0.899. The molecule has 0 aliphatic carbocycles. The molecule has 1 nitrogen and oxygen atoms in total. The fourth-order valence-corrected chi connectivity index (χ4v) is 3.91. The Morgan fingerprint density at radius 1 is 1.18 bits per heavy atom. The van der Waals surface area contributed by atoms with E-state index in [4.69, 9.17) is 11.6 Å². The topological polar surface area (TPSA) is 3.24 Å². The van der Waals surface area contributed by atoms with Gasteiger partial charge in [-0.05, 0) is 49.0 Å². The molecule has 0 amide bonds. The molecule has 2 heterocycles. The van der Waals surface area contributed by atoms with Crippen molar-refractivity contribution in [2.24, 2.45) is 0 Å². The van der Waals surface area contributed by atoms with Gasteiger partial charge in [0.1, 0.15) is 0 Å². The number of rotatable bonds is 2. The van der Waals surface area contributed by atoms with E-state index in [1.165, 1.54) is 48.0 Å². The van der Waals surface area contributed by atoms with Crippen molar-refractivity contribution in [3.8, 4) is 0 Å². The fourth-order valence-electron chi connectivity index (χ4n) is 2.58. The maximum Gasteiger partial charge on any atom is 0.0496 e. The van der Waals surface area contributed by atoms with Gasteiger partial charge in [0.25, 0.3) is 0 Å². The highest BCUT2D eigenvalue weighted by Gasteiger charge is 2.14. The quantitative estimate of drug-likeness (QED) is 0.771. The molecule has 1 aliphatic rings. The average molecular weight is 266 g/mol. The zero-order chi connectivity index (χ0) is 11.7.